The van der Waals surface area contributed by atoms with Crippen molar-refractivity contribution in [2.45, 2.75) is 297 Å². The molecule has 0 saturated heterocycles. The minimum atomic E-state index is -0.664. The zero-order valence-electron chi connectivity index (χ0n) is 43.6. The number of aliphatic hydroxyl groups excluding tert-OH is 2. The van der Waals surface area contributed by atoms with Crippen molar-refractivity contribution in [2.24, 2.45) is 0 Å². The number of thiol groups is 1. The summed E-state index contributed by atoms with van der Waals surface area (Å²) < 4.78 is 0. The van der Waals surface area contributed by atoms with Crippen molar-refractivity contribution >= 4 is 30.5 Å². The summed E-state index contributed by atoms with van der Waals surface area (Å²) in [5.41, 5.74) is 0. The molecule has 0 aliphatic rings. The Labute approximate surface area is 414 Å². The molecule has 1 unspecified atom stereocenters. The summed E-state index contributed by atoms with van der Waals surface area (Å²) in [7, 11) is 0. The van der Waals surface area contributed by atoms with E-state index < -0.39 is 24.0 Å². The van der Waals surface area contributed by atoms with E-state index in [1.54, 1.807) is 0 Å². The van der Waals surface area contributed by atoms with Crippen LogP contribution in [0.4, 0.5) is 0 Å². The molecule has 1 atom stereocenters. The van der Waals surface area contributed by atoms with Crippen LogP contribution in [-0.4, -0.2) is 61.9 Å². The van der Waals surface area contributed by atoms with Crippen molar-refractivity contribution < 1.29 is 39.9 Å². The van der Waals surface area contributed by atoms with Gasteiger partial charge in [-0.3, -0.25) is 14.4 Å². The third-order valence-electron chi connectivity index (χ3n) is 11.4. The lowest BCUT2D eigenvalue weighted by Gasteiger charge is -1.99. The van der Waals surface area contributed by atoms with E-state index in [1.165, 1.54) is 212 Å². The summed E-state index contributed by atoms with van der Waals surface area (Å²) in [6.07, 6.45) is 63.1. The Hall–Kier alpha value is -2.10. The van der Waals surface area contributed by atoms with Crippen LogP contribution in [0.15, 0.2) is 36.5 Å². The first-order chi connectivity index (χ1) is 32.1. The molecule has 9 heteroatoms. The predicted octanol–water partition coefficient (Wildman–Crippen LogP) is 17.6. The number of hydrogen-bond acceptors (Lipinski definition) is 6. The predicted molar refractivity (Wildman–Crippen MR) is 288 cm³/mol. The summed E-state index contributed by atoms with van der Waals surface area (Å²) >= 11 is 3.69. The number of carboxylic acids is 3. The minimum Gasteiger partial charge on any atom is -0.481 e. The highest BCUT2D eigenvalue weighted by atomic mass is 32.1. The van der Waals surface area contributed by atoms with Gasteiger partial charge in [-0.25, -0.2) is 0 Å². The highest BCUT2D eigenvalue weighted by molar-refractivity contribution is 7.80. The number of rotatable bonds is 47. The molecule has 0 spiro atoms. The molecule has 0 fully saturated rings. The van der Waals surface area contributed by atoms with E-state index in [4.69, 9.17) is 25.5 Å². The summed E-state index contributed by atoms with van der Waals surface area (Å²) in [4.78, 5) is 31.0. The van der Waals surface area contributed by atoms with Crippen LogP contribution >= 0.6 is 12.6 Å². The van der Waals surface area contributed by atoms with Gasteiger partial charge in [-0.2, -0.15) is 12.6 Å². The summed E-state index contributed by atoms with van der Waals surface area (Å²) in [6.45, 7) is 6.59. The number of aliphatic carboxylic acids is 3. The molecule has 392 valence electrons. The monoisotopic (exact) mass is 955 g/mol. The van der Waals surface area contributed by atoms with Gasteiger partial charge in [0.25, 0.3) is 0 Å². The van der Waals surface area contributed by atoms with Crippen molar-refractivity contribution in [1.29, 1.82) is 0 Å². The standard InChI is InChI=1S/3C18H34O2.C3H8O2S/c3*1-2-3-4-5-6-7-8-9-10-11-12-13-14-15-16-17-18(19)20;4-1-3(5)2-6/h3*9-10H,2-8,11-17H2,1H3,(H,19,20);3-6H,1-2H2/b3*10-9-;. The van der Waals surface area contributed by atoms with Crippen molar-refractivity contribution in [1.82, 2.24) is 0 Å². The van der Waals surface area contributed by atoms with Crippen LogP contribution in [0.25, 0.3) is 0 Å². The van der Waals surface area contributed by atoms with Crippen LogP contribution < -0.4 is 0 Å². The molecule has 0 aromatic rings. The Morgan fingerprint density at radius 1 is 0.348 bits per heavy atom. The Morgan fingerprint density at radius 2 is 0.530 bits per heavy atom. The van der Waals surface area contributed by atoms with Gasteiger partial charge in [0, 0.05) is 25.0 Å². The summed E-state index contributed by atoms with van der Waals surface area (Å²) in [5, 5.41) is 41.9. The quantitative estimate of drug-likeness (QED) is 0.0200. The molecule has 0 aromatic heterocycles. The van der Waals surface area contributed by atoms with E-state index in [0.717, 1.165) is 38.5 Å². The van der Waals surface area contributed by atoms with E-state index in [9.17, 15) is 14.4 Å². The van der Waals surface area contributed by atoms with Crippen LogP contribution in [0.2, 0.25) is 0 Å². The van der Waals surface area contributed by atoms with Crippen molar-refractivity contribution in [3.05, 3.63) is 36.5 Å². The molecule has 0 aliphatic carbocycles. The fourth-order valence-corrected chi connectivity index (χ4v) is 7.21. The second-order valence-electron chi connectivity index (χ2n) is 18.2. The Morgan fingerprint density at radius 3 is 0.682 bits per heavy atom. The van der Waals surface area contributed by atoms with Crippen LogP contribution in [0.5, 0.6) is 0 Å². The van der Waals surface area contributed by atoms with E-state index in [1.807, 2.05) is 0 Å². The topological polar surface area (TPSA) is 152 Å². The van der Waals surface area contributed by atoms with Crippen LogP contribution in [0.3, 0.4) is 0 Å². The lowest BCUT2D eigenvalue weighted by atomic mass is 10.1. The second-order valence-corrected chi connectivity index (χ2v) is 18.6. The molecule has 0 aromatic carbocycles. The van der Waals surface area contributed by atoms with Gasteiger partial charge >= 0.3 is 17.9 Å². The molecule has 0 aliphatic heterocycles. The largest absolute Gasteiger partial charge is 0.481 e. The van der Waals surface area contributed by atoms with E-state index in [-0.39, 0.29) is 6.61 Å². The van der Waals surface area contributed by atoms with Gasteiger partial charge in [-0.05, 0) is 96.3 Å². The first-order valence-electron chi connectivity index (χ1n) is 27.6. The maximum atomic E-state index is 10.3. The van der Waals surface area contributed by atoms with Gasteiger partial charge in [0.1, 0.15) is 0 Å². The summed E-state index contributed by atoms with van der Waals surface area (Å²) in [6, 6.07) is 0. The molecule has 66 heavy (non-hydrogen) atoms. The van der Waals surface area contributed by atoms with Gasteiger partial charge in [-0.1, -0.05) is 211 Å². The molecular formula is C57H110O8S. The smallest absolute Gasteiger partial charge is 0.303 e. The van der Waals surface area contributed by atoms with Crippen molar-refractivity contribution in [3.63, 3.8) is 0 Å². The summed E-state index contributed by atoms with van der Waals surface area (Å²) in [5.74, 6) is -1.66. The highest BCUT2D eigenvalue weighted by Crippen LogP contribution is 2.13. The van der Waals surface area contributed by atoms with Crippen LogP contribution in [0.1, 0.15) is 290 Å². The third-order valence-corrected chi connectivity index (χ3v) is 11.8. The van der Waals surface area contributed by atoms with E-state index >= 15 is 0 Å². The van der Waals surface area contributed by atoms with E-state index in [0.29, 0.717) is 25.0 Å². The Kier molecular flexibility index (Phi) is 71.7. The minimum absolute atomic E-state index is 0.191. The van der Waals surface area contributed by atoms with Gasteiger partial charge in [-0.15, -0.1) is 0 Å². The average molecular weight is 956 g/mol. The number of allylic oxidation sites excluding steroid dienone is 6. The SMILES string of the molecule is CCCCCCCC/C=C\CCCCCCCC(=O)O.CCCCCCCC/C=C\CCCCCCCC(=O)O.CCCCCCCC/C=C\CCCCCCCC(=O)O.OCC(O)CS. The zero-order valence-corrected chi connectivity index (χ0v) is 44.5. The zero-order chi connectivity index (χ0) is 49.7. The normalized spacial score (nSPS) is 11.5. The number of hydrogen-bond donors (Lipinski definition) is 6. The molecule has 0 bridgehead atoms. The van der Waals surface area contributed by atoms with Gasteiger partial charge in [0.15, 0.2) is 0 Å². The van der Waals surface area contributed by atoms with Gasteiger partial charge in [0.05, 0.1) is 12.7 Å². The highest BCUT2D eigenvalue weighted by Gasteiger charge is 1.99. The second kappa shape index (κ2) is 67.2. The molecule has 0 saturated carbocycles. The van der Waals surface area contributed by atoms with Crippen molar-refractivity contribution in [2.75, 3.05) is 12.4 Å². The average Bonchev–Trinajstić information content (AvgIpc) is 3.30. The molecule has 8 nitrogen and oxygen atoms in total. The molecule has 0 rings (SSSR count). The molecule has 0 radical (unpaired) electrons. The first-order valence-corrected chi connectivity index (χ1v) is 28.3. The fraction of sp³-hybridized carbons (Fsp3) is 0.842. The Bertz CT molecular complexity index is 907. The number of carbonyl (C=O) groups is 3. The third kappa shape index (κ3) is 82.0. The van der Waals surface area contributed by atoms with Crippen molar-refractivity contribution in [3.8, 4) is 0 Å². The van der Waals surface area contributed by atoms with Crippen LogP contribution in [0, 0.1) is 0 Å². The fourth-order valence-electron chi connectivity index (χ4n) is 7.10. The number of carboxylic acid groups (broad SMARTS) is 3. The molecular weight excluding hydrogens is 845 g/mol. The Balaban J connectivity index is -0.000000410. The maximum Gasteiger partial charge on any atom is 0.303 e. The number of aliphatic hydroxyl groups is 2. The lowest BCUT2D eigenvalue weighted by Crippen LogP contribution is -2.12. The molecule has 0 heterocycles. The van der Waals surface area contributed by atoms with E-state index in [2.05, 4.69) is 69.9 Å². The molecule has 5 N–H and O–H groups in total. The maximum absolute atomic E-state index is 10.3. The van der Waals surface area contributed by atoms with Gasteiger partial charge in [0.2, 0.25) is 0 Å². The first kappa shape index (κ1) is 70.5. The molecule has 0 amide bonds. The van der Waals surface area contributed by atoms with Crippen LogP contribution in [-0.2, 0) is 14.4 Å². The lowest BCUT2D eigenvalue weighted by molar-refractivity contribution is -0.138. The van der Waals surface area contributed by atoms with Gasteiger partial charge < -0.3 is 25.5 Å². The number of unbranched alkanes of at least 4 members (excludes halogenated alkanes) is 33.